The molecule has 33 heavy (non-hydrogen) atoms. The molecule has 0 fully saturated rings. The van der Waals surface area contributed by atoms with Crippen LogP contribution in [-0.4, -0.2) is 20.6 Å². The van der Waals surface area contributed by atoms with Crippen LogP contribution in [0.3, 0.4) is 0 Å². The Morgan fingerprint density at radius 3 is 2.15 bits per heavy atom. The third kappa shape index (κ3) is 6.50. The maximum atomic E-state index is 12.8. The van der Waals surface area contributed by atoms with Crippen molar-refractivity contribution < 1.29 is 13.2 Å². The first-order valence-electron chi connectivity index (χ1n) is 10.3. The summed E-state index contributed by atoms with van der Waals surface area (Å²) in [4.78, 5) is 12.8. The van der Waals surface area contributed by atoms with Crippen LogP contribution in [0.5, 0.6) is 0 Å². The second-order valence-corrected chi connectivity index (χ2v) is 10.9. The molecule has 0 bridgehead atoms. The van der Waals surface area contributed by atoms with Crippen molar-refractivity contribution in [3.05, 3.63) is 98.5 Å². The highest BCUT2D eigenvalue weighted by atomic mass is 35.5. The van der Waals surface area contributed by atoms with Gasteiger partial charge in [-0.25, -0.2) is 8.42 Å². The number of sulfonamides is 1. The summed E-state index contributed by atoms with van der Waals surface area (Å²) < 4.78 is 26.1. The van der Waals surface area contributed by atoms with Crippen LogP contribution in [0.2, 0.25) is 10.0 Å². The molecule has 0 aromatic heterocycles. The molecule has 5 nitrogen and oxygen atoms in total. The number of hydrogen-bond acceptors (Lipinski definition) is 3. The lowest BCUT2D eigenvalue weighted by molar-refractivity contribution is 0.0939. The van der Waals surface area contributed by atoms with Crippen LogP contribution in [-0.2, 0) is 16.6 Å². The Bertz CT molecular complexity index is 1260. The van der Waals surface area contributed by atoms with E-state index in [-0.39, 0.29) is 18.5 Å². The molecule has 0 aliphatic heterocycles. The van der Waals surface area contributed by atoms with Gasteiger partial charge in [0, 0.05) is 15.6 Å². The Balaban J connectivity index is 1.77. The Hall–Kier alpha value is -2.54. The number of hydrogen-bond donors (Lipinski definition) is 1. The van der Waals surface area contributed by atoms with E-state index in [2.05, 4.69) is 11.4 Å². The molecule has 1 N–H and O–H groups in total. The van der Waals surface area contributed by atoms with Crippen molar-refractivity contribution in [2.75, 3.05) is 10.6 Å². The van der Waals surface area contributed by atoms with Crippen molar-refractivity contribution in [3.63, 3.8) is 0 Å². The molecule has 0 spiro atoms. The molecule has 0 radical (unpaired) electrons. The maximum Gasteiger partial charge on any atom is 0.251 e. The molecule has 0 saturated carbocycles. The molecule has 0 saturated heterocycles. The lowest BCUT2D eigenvalue weighted by Gasteiger charge is -2.23. The largest absolute Gasteiger partial charge is 0.346 e. The van der Waals surface area contributed by atoms with Crippen molar-refractivity contribution in [1.29, 1.82) is 0 Å². The summed E-state index contributed by atoms with van der Waals surface area (Å²) >= 11 is 12.1. The number of anilines is 1. The normalized spacial score (nSPS) is 12.3. The molecule has 3 aromatic carbocycles. The Morgan fingerprint density at radius 1 is 0.970 bits per heavy atom. The van der Waals surface area contributed by atoms with Crippen molar-refractivity contribution in [3.8, 4) is 0 Å². The summed E-state index contributed by atoms with van der Waals surface area (Å²) in [7, 11) is -3.59. The molecule has 3 aromatic rings. The molecule has 1 atom stereocenters. The predicted molar refractivity (Wildman–Crippen MR) is 136 cm³/mol. The molecule has 174 valence electrons. The van der Waals surface area contributed by atoms with Gasteiger partial charge in [0.15, 0.2) is 0 Å². The van der Waals surface area contributed by atoms with E-state index in [1.807, 2.05) is 32.9 Å². The molecule has 1 unspecified atom stereocenters. The number of carbonyl (C=O) groups is 1. The van der Waals surface area contributed by atoms with Crippen LogP contribution < -0.4 is 9.62 Å². The number of nitrogens with one attached hydrogen (secondary N) is 1. The highest BCUT2D eigenvalue weighted by Crippen LogP contribution is 2.28. The fourth-order valence-corrected chi connectivity index (χ4v) is 4.98. The van der Waals surface area contributed by atoms with E-state index in [0.717, 1.165) is 28.5 Å². The van der Waals surface area contributed by atoms with E-state index in [9.17, 15) is 13.2 Å². The minimum absolute atomic E-state index is 0.0797. The number of nitrogens with zero attached hydrogens (tertiary/aromatic N) is 1. The van der Waals surface area contributed by atoms with Crippen molar-refractivity contribution in [1.82, 2.24) is 5.32 Å². The van der Waals surface area contributed by atoms with Gasteiger partial charge >= 0.3 is 0 Å². The van der Waals surface area contributed by atoms with Gasteiger partial charge in [-0.1, -0.05) is 59.1 Å². The van der Waals surface area contributed by atoms with E-state index in [1.54, 1.807) is 42.5 Å². The third-order valence-electron chi connectivity index (χ3n) is 5.33. The molecule has 1 amide bonds. The highest BCUT2D eigenvalue weighted by Gasteiger charge is 2.20. The lowest BCUT2D eigenvalue weighted by Crippen LogP contribution is -2.29. The fourth-order valence-electron chi connectivity index (χ4n) is 3.59. The van der Waals surface area contributed by atoms with Crippen LogP contribution in [0, 0.1) is 13.8 Å². The predicted octanol–water partition coefficient (Wildman–Crippen LogP) is 6.07. The first-order valence-corrected chi connectivity index (χ1v) is 13.0. The van der Waals surface area contributed by atoms with Gasteiger partial charge in [0.25, 0.3) is 5.91 Å². The molecule has 3 rings (SSSR count). The SMILES string of the molecule is Cc1ccc(C)c(C(C)NC(=O)c2ccc(CN(c3cc(Cl)cc(Cl)c3)S(C)(=O)=O)cc2)c1. The number of aryl methyl sites for hydroxylation is 2. The third-order valence-corrected chi connectivity index (χ3v) is 6.90. The van der Waals surface area contributed by atoms with Gasteiger partial charge in [0.1, 0.15) is 0 Å². The Labute approximate surface area is 205 Å². The van der Waals surface area contributed by atoms with Crippen molar-refractivity contribution >= 4 is 44.8 Å². The monoisotopic (exact) mass is 504 g/mol. The highest BCUT2D eigenvalue weighted by molar-refractivity contribution is 7.92. The standard InChI is InChI=1S/C25H26Cl2N2O3S/c1-16-5-6-17(2)24(11-16)18(3)28-25(30)20-9-7-19(8-10-20)15-29(33(4,31)32)23-13-21(26)12-22(27)14-23/h5-14,18H,15H2,1-4H3,(H,28,30). The van der Waals surface area contributed by atoms with Gasteiger partial charge in [-0.05, 0) is 67.8 Å². The molecule has 0 aliphatic rings. The van der Waals surface area contributed by atoms with Gasteiger partial charge in [0.05, 0.1) is 24.5 Å². The van der Waals surface area contributed by atoms with E-state index in [4.69, 9.17) is 23.2 Å². The van der Waals surface area contributed by atoms with E-state index >= 15 is 0 Å². The fraction of sp³-hybridized carbons (Fsp3) is 0.240. The van der Waals surface area contributed by atoms with E-state index < -0.39 is 10.0 Å². The number of rotatable bonds is 7. The van der Waals surface area contributed by atoms with Crippen LogP contribution in [0.15, 0.2) is 60.7 Å². The lowest BCUT2D eigenvalue weighted by atomic mass is 9.99. The van der Waals surface area contributed by atoms with Gasteiger partial charge in [0.2, 0.25) is 10.0 Å². The zero-order valence-corrected chi connectivity index (χ0v) is 21.2. The zero-order valence-electron chi connectivity index (χ0n) is 18.9. The van der Waals surface area contributed by atoms with Gasteiger partial charge < -0.3 is 5.32 Å². The Morgan fingerprint density at radius 2 is 1.58 bits per heavy atom. The first-order chi connectivity index (χ1) is 15.4. The number of carbonyl (C=O) groups excluding carboxylic acids is 1. The van der Waals surface area contributed by atoms with Crippen LogP contribution in [0.25, 0.3) is 0 Å². The second-order valence-electron chi connectivity index (χ2n) is 8.15. The average molecular weight is 505 g/mol. The van der Waals surface area contributed by atoms with Crippen molar-refractivity contribution in [2.24, 2.45) is 0 Å². The quantitative estimate of drug-likeness (QED) is 0.424. The number of benzene rings is 3. The topological polar surface area (TPSA) is 66.5 Å². The summed E-state index contributed by atoms with van der Waals surface area (Å²) in [6, 6.07) is 17.5. The summed E-state index contributed by atoms with van der Waals surface area (Å²) in [6.07, 6.45) is 1.12. The minimum atomic E-state index is -3.59. The first kappa shape index (κ1) is 25.1. The number of halogens is 2. The average Bonchev–Trinajstić information content (AvgIpc) is 2.72. The van der Waals surface area contributed by atoms with Crippen LogP contribution in [0.1, 0.15) is 45.6 Å². The van der Waals surface area contributed by atoms with E-state index in [0.29, 0.717) is 21.3 Å². The summed E-state index contributed by atoms with van der Waals surface area (Å²) in [5.74, 6) is -0.198. The molecular formula is C25H26Cl2N2O3S. The Kier molecular flexibility index (Phi) is 7.73. The van der Waals surface area contributed by atoms with Crippen molar-refractivity contribution in [2.45, 2.75) is 33.4 Å². The molecular weight excluding hydrogens is 479 g/mol. The maximum absolute atomic E-state index is 12.8. The number of amides is 1. The van der Waals surface area contributed by atoms with Gasteiger partial charge in [-0.2, -0.15) is 0 Å². The zero-order chi connectivity index (χ0) is 24.3. The summed E-state index contributed by atoms with van der Waals surface area (Å²) in [5, 5.41) is 3.72. The van der Waals surface area contributed by atoms with E-state index in [1.165, 1.54) is 4.31 Å². The summed E-state index contributed by atoms with van der Waals surface area (Å²) in [5.41, 5.74) is 4.91. The van der Waals surface area contributed by atoms with Crippen LogP contribution in [0.4, 0.5) is 5.69 Å². The van der Waals surface area contributed by atoms with Gasteiger partial charge in [-0.3, -0.25) is 9.10 Å². The smallest absolute Gasteiger partial charge is 0.251 e. The summed E-state index contributed by atoms with van der Waals surface area (Å²) in [6.45, 7) is 6.07. The second kappa shape index (κ2) is 10.2. The minimum Gasteiger partial charge on any atom is -0.346 e. The molecule has 0 aliphatic carbocycles. The molecule has 0 heterocycles. The van der Waals surface area contributed by atoms with Crippen LogP contribution >= 0.6 is 23.2 Å². The molecule has 8 heteroatoms. The van der Waals surface area contributed by atoms with Gasteiger partial charge in [-0.15, -0.1) is 0 Å².